The third-order valence-corrected chi connectivity index (χ3v) is 0.608. The van der Waals surface area contributed by atoms with Gasteiger partial charge in [0.05, 0.1) is 6.61 Å². The van der Waals surface area contributed by atoms with Crippen molar-refractivity contribution in [1.82, 2.24) is 0 Å². The minimum atomic E-state index is -0.565. The smallest absolute Gasteiger partial charge is 1.00 e. The van der Waals surface area contributed by atoms with Crippen LogP contribution in [0.25, 0.3) is 0 Å². The van der Waals surface area contributed by atoms with Crippen molar-refractivity contribution in [3.05, 3.63) is 11.8 Å². The Morgan fingerprint density at radius 2 is 1.92 bits per heavy atom. The Morgan fingerprint density at radius 3 is 2.17 bits per heavy atom. The Kier molecular flexibility index (Phi) is 30.0. The van der Waals surface area contributed by atoms with Crippen LogP contribution in [0.3, 0.4) is 0 Å². The summed E-state index contributed by atoms with van der Waals surface area (Å²) in [4.78, 5) is 10.4. The first-order valence-electron chi connectivity index (χ1n) is 2.69. The van der Waals surface area contributed by atoms with Crippen molar-refractivity contribution in [2.24, 2.45) is 0 Å². The Balaban J connectivity index is -0.000000107. The topological polar surface area (TPSA) is 49.4 Å². The minimum Gasteiger partial charge on any atom is -1.00 e. The second-order valence-electron chi connectivity index (χ2n) is 1.51. The van der Waals surface area contributed by atoms with Gasteiger partial charge >= 0.3 is 46.4 Å². The SMILES string of the molecule is CCOC(=O)/C=C(/C)[O-].[I-].[I-].[Sm+3]. The van der Waals surface area contributed by atoms with Crippen molar-refractivity contribution in [3.63, 3.8) is 0 Å². The van der Waals surface area contributed by atoms with E-state index in [1.807, 2.05) is 0 Å². The maximum absolute atomic E-state index is 10.4. The van der Waals surface area contributed by atoms with Crippen molar-refractivity contribution in [1.29, 1.82) is 0 Å². The summed E-state index contributed by atoms with van der Waals surface area (Å²) in [6.07, 6.45) is 0.920. The molecule has 0 saturated carbocycles. The molecule has 6 heteroatoms. The maximum atomic E-state index is 10.4. The number of hydrogen-bond acceptors (Lipinski definition) is 3. The number of carbonyl (C=O) groups is 1. The zero-order chi connectivity index (χ0) is 7.28. The van der Waals surface area contributed by atoms with E-state index in [0.717, 1.165) is 6.08 Å². The molecule has 0 amide bonds. The maximum Gasteiger partial charge on any atom is 3.00 e. The number of rotatable bonds is 2. The van der Waals surface area contributed by atoms with Gasteiger partial charge in [-0.2, -0.15) is 0 Å². The quantitative estimate of drug-likeness (QED) is 0.154. The van der Waals surface area contributed by atoms with Crippen molar-refractivity contribution in [2.75, 3.05) is 6.61 Å². The third kappa shape index (κ3) is 17.8. The second-order valence-corrected chi connectivity index (χ2v) is 1.51. The Hall–Kier alpha value is 1.81. The van der Waals surface area contributed by atoms with Gasteiger partial charge in [-0.1, -0.05) is 6.92 Å². The predicted octanol–water partition coefficient (Wildman–Crippen LogP) is -6.18. The van der Waals surface area contributed by atoms with E-state index < -0.39 is 5.97 Å². The molecule has 0 fully saturated rings. The molecular weight excluding hydrogens is 524 g/mol. The largest absolute Gasteiger partial charge is 3.00 e. The zero-order valence-corrected chi connectivity index (χ0v) is 13.6. The molecule has 71 valence electrons. The number of hydrogen-bond donors (Lipinski definition) is 0. The van der Waals surface area contributed by atoms with Crippen LogP contribution >= 0.6 is 0 Å². The van der Waals surface area contributed by atoms with Gasteiger partial charge in [0.15, 0.2) is 0 Å². The molecule has 0 aromatic heterocycles. The van der Waals surface area contributed by atoms with Crippen molar-refractivity contribution in [3.8, 4) is 0 Å². The van der Waals surface area contributed by atoms with Crippen LogP contribution in [0.5, 0.6) is 0 Å². The molecule has 1 radical (unpaired) electrons. The number of allylic oxidation sites excluding steroid dienone is 1. The molecular formula is C6H9I2O3Sm. The summed E-state index contributed by atoms with van der Waals surface area (Å²) >= 11 is 0. The number of carbonyl (C=O) groups excluding carboxylic acids is 1. The van der Waals surface area contributed by atoms with Gasteiger partial charge in [-0.25, -0.2) is 4.79 Å². The van der Waals surface area contributed by atoms with Crippen LogP contribution in [0.15, 0.2) is 11.8 Å². The first-order valence-corrected chi connectivity index (χ1v) is 2.69. The van der Waals surface area contributed by atoms with E-state index in [9.17, 15) is 9.90 Å². The van der Waals surface area contributed by atoms with Gasteiger partial charge in [0.2, 0.25) is 0 Å². The summed E-state index contributed by atoms with van der Waals surface area (Å²) in [7, 11) is 0. The van der Waals surface area contributed by atoms with E-state index in [4.69, 9.17) is 0 Å². The second kappa shape index (κ2) is 15.3. The fraction of sp³-hybridized carbons (Fsp3) is 0.500. The molecule has 0 unspecified atom stereocenters. The molecule has 0 rings (SSSR count). The Labute approximate surface area is 139 Å². The van der Waals surface area contributed by atoms with E-state index in [0.29, 0.717) is 6.61 Å². The average molecular weight is 533 g/mol. The molecule has 0 heterocycles. The third-order valence-electron chi connectivity index (χ3n) is 0.608. The monoisotopic (exact) mass is 535 g/mol. The van der Waals surface area contributed by atoms with Crippen molar-refractivity contribution < 1.29 is 103 Å². The van der Waals surface area contributed by atoms with Crippen LogP contribution in [-0.4, -0.2) is 12.6 Å². The fourth-order valence-electron chi connectivity index (χ4n) is 0.350. The molecule has 0 aromatic rings. The summed E-state index contributed by atoms with van der Waals surface area (Å²) < 4.78 is 4.44. The Bertz CT molecular complexity index is 135. The first kappa shape index (κ1) is 23.5. The Morgan fingerprint density at radius 1 is 1.50 bits per heavy atom. The molecule has 12 heavy (non-hydrogen) atoms. The standard InChI is InChI=1S/C6H10O3.2HI.Sm/c1-3-9-6(8)4-5(2)7;;;/h4,7H,3H2,1-2H3;2*1H;/q;;;+3/p-3/b5-4-;;;. The molecule has 0 spiro atoms. The molecule has 0 aliphatic rings. The summed E-state index contributed by atoms with van der Waals surface area (Å²) in [6.45, 7) is 3.30. The van der Waals surface area contributed by atoms with Crippen LogP contribution in [0.4, 0.5) is 0 Å². The molecule has 3 nitrogen and oxygen atoms in total. The van der Waals surface area contributed by atoms with E-state index in [2.05, 4.69) is 4.74 Å². The molecule has 0 aliphatic heterocycles. The predicted molar refractivity (Wildman–Crippen MR) is 30.4 cm³/mol. The van der Waals surface area contributed by atoms with Crippen LogP contribution in [-0.2, 0) is 9.53 Å². The van der Waals surface area contributed by atoms with E-state index in [1.54, 1.807) is 6.92 Å². The average Bonchev–Trinajstić information content (AvgIpc) is 1.63. The van der Waals surface area contributed by atoms with Crippen molar-refractivity contribution >= 4 is 5.97 Å². The van der Waals surface area contributed by atoms with Gasteiger partial charge in [0.1, 0.15) is 0 Å². The van der Waals surface area contributed by atoms with Gasteiger partial charge in [-0.3, -0.25) is 0 Å². The summed E-state index contributed by atoms with van der Waals surface area (Å²) in [5.74, 6) is -0.849. The summed E-state index contributed by atoms with van der Waals surface area (Å²) in [5, 5.41) is 10.2. The van der Waals surface area contributed by atoms with Gasteiger partial charge in [0.25, 0.3) is 0 Å². The molecule has 0 aromatic carbocycles. The van der Waals surface area contributed by atoms with Crippen LogP contribution < -0.4 is 53.1 Å². The van der Waals surface area contributed by atoms with Gasteiger partial charge in [-0.05, 0) is 6.92 Å². The summed E-state index contributed by atoms with van der Waals surface area (Å²) in [5.41, 5.74) is 0. The van der Waals surface area contributed by atoms with E-state index >= 15 is 0 Å². The fourth-order valence-corrected chi connectivity index (χ4v) is 0.350. The molecule has 0 N–H and O–H groups in total. The van der Waals surface area contributed by atoms with Crippen LogP contribution in [0, 0.1) is 40.4 Å². The molecule has 0 atom stereocenters. The van der Waals surface area contributed by atoms with Gasteiger partial charge < -0.3 is 57.8 Å². The van der Waals surface area contributed by atoms with Gasteiger partial charge in [-0.15, -0.1) is 5.76 Å². The first-order chi connectivity index (χ1) is 4.16. The molecule has 0 saturated heterocycles. The van der Waals surface area contributed by atoms with E-state index in [1.165, 1.54) is 6.92 Å². The molecule has 0 aliphatic carbocycles. The van der Waals surface area contributed by atoms with Gasteiger partial charge in [0, 0.05) is 6.08 Å². The van der Waals surface area contributed by atoms with E-state index in [-0.39, 0.29) is 94.1 Å². The number of ether oxygens (including phenoxy) is 1. The zero-order valence-electron chi connectivity index (χ0n) is 6.67. The van der Waals surface area contributed by atoms with Crippen LogP contribution in [0.2, 0.25) is 0 Å². The minimum absolute atomic E-state index is 0. The normalized spacial score (nSPS) is 8.33. The number of esters is 1. The molecule has 0 bridgehead atoms. The number of halogens is 2. The van der Waals surface area contributed by atoms with Crippen LogP contribution in [0.1, 0.15) is 13.8 Å². The van der Waals surface area contributed by atoms with Crippen molar-refractivity contribution in [2.45, 2.75) is 13.8 Å². The summed E-state index contributed by atoms with van der Waals surface area (Å²) in [6, 6.07) is 0.